The van der Waals surface area contributed by atoms with Crippen molar-refractivity contribution in [2.75, 3.05) is 19.6 Å². The van der Waals surface area contributed by atoms with E-state index >= 15 is 0 Å². The van der Waals surface area contributed by atoms with Crippen molar-refractivity contribution in [1.82, 2.24) is 4.90 Å². The fourth-order valence-corrected chi connectivity index (χ4v) is 2.03. The molecule has 2 fully saturated rings. The minimum atomic E-state index is -2.21. The average Bonchev–Trinajstić information content (AvgIpc) is 2.62. The number of hydrogen-bond acceptors (Lipinski definition) is 2. The van der Waals surface area contributed by atoms with Gasteiger partial charge in [0, 0.05) is 18.6 Å². The van der Waals surface area contributed by atoms with Gasteiger partial charge in [0.25, 0.3) is 6.43 Å². The van der Waals surface area contributed by atoms with Crippen molar-refractivity contribution in [3.05, 3.63) is 0 Å². The maximum atomic E-state index is 11.9. The summed E-state index contributed by atoms with van der Waals surface area (Å²) >= 11 is 0. The van der Waals surface area contributed by atoms with Crippen LogP contribution in [-0.2, 0) is 0 Å². The van der Waals surface area contributed by atoms with Crippen LogP contribution in [0.3, 0.4) is 0 Å². The van der Waals surface area contributed by atoms with Gasteiger partial charge in [-0.1, -0.05) is 0 Å². The first-order chi connectivity index (χ1) is 5.60. The number of alkyl halides is 2. The summed E-state index contributed by atoms with van der Waals surface area (Å²) in [6, 6.07) is 0. The molecule has 0 amide bonds. The number of nitrogens with two attached hydrogens (primary N) is 1. The van der Waals surface area contributed by atoms with Crippen LogP contribution in [0.25, 0.3) is 0 Å². The average molecular weight is 176 g/mol. The normalized spacial score (nSPS) is 29.0. The predicted octanol–water partition coefficient (Wildman–Crippen LogP) is 0.675. The van der Waals surface area contributed by atoms with E-state index in [1.54, 1.807) is 4.90 Å². The molecule has 12 heavy (non-hydrogen) atoms. The number of nitrogens with zero attached hydrogens (tertiary/aromatic N) is 1. The van der Waals surface area contributed by atoms with E-state index in [0.29, 0.717) is 19.0 Å². The van der Waals surface area contributed by atoms with Gasteiger partial charge in [0.15, 0.2) is 0 Å². The minimum Gasteiger partial charge on any atom is -0.323 e. The molecule has 2 aliphatic rings. The van der Waals surface area contributed by atoms with Gasteiger partial charge in [-0.25, -0.2) is 8.78 Å². The highest BCUT2D eigenvalue weighted by Crippen LogP contribution is 2.42. The zero-order valence-corrected chi connectivity index (χ0v) is 6.97. The number of rotatable bonds is 3. The molecule has 1 aliphatic carbocycles. The van der Waals surface area contributed by atoms with Crippen molar-refractivity contribution in [2.45, 2.75) is 24.8 Å². The van der Waals surface area contributed by atoms with Gasteiger partial charge in [0.2, 0.25) is 0 Å². The second-order valence-corrected chi connectivity index (χ2v) is 4.07. The van der Waals surface area contributed by atoms with Crippen LogP contribution < -0.4 is 5.73 Å². The fourth-order valence-electron chi connectivity index (χ4n) is 2.03. The zero-order chi connectivity index (χ0) is 8.77. The molecule has 2 rings (SSSR count). The van der Waals surface area contributed by atoms with E-state index in [9.17, 15) is 8.78 Å². The third kappa shape index (κ3) is 1.45. The summed E-state index contributed by atoms with van der Waals surface area (Å²) in [4.78, 5) is 1.74. The predicted molar refractivity (Wildman–Crippen MR) is 42.1 cm³/mol. The lowest BCUT2D eigenvalue weighted by atomic mass is 9.86. The van der Waals surface area contributed by atoms with E-state index in [0.717, 1.165) is 0 Å². The van der Waals surface area contributed by atoms with Crippen LogP contribution in [0.4, 0.5) is 8.78 Å². The van der Waals surface area contributed by atoms with E-state index in [-0.39, 0.29) is 12.1 Å². The van der Waals surface area contributed by atoms with E-state index in [4.69, 9.17) is 5.73 Å². The van der Waals surface area contributed by atoms with E-state index in [1.165, 1.54) is 12.8 Å². The highest BCUT2D eigenvalue weighted by Gasteiger charge is 2.50. The van der Waals surface area contributed by atoms with E-state index in [1.807, 2.05) is 0 Å². The van der Waals surface area contributed by atoms with Crippen LogP contribution in [0.2, 0.25) is 0 Å². The summed E-state index contributed by atoms with van der Waals surface area (Å²) in [6.07, 6.45) is 0.173. The van der Waals surface area contributed by atoms with Crippen molar-refractivity contribution in [3.63, 3.8) is 0 Å². The molecule has 0 spiro atoms. The Morgan fingerprint density at radius 2 is 2.00 bits per heavy atom. The molecule has 0 aromatic carbocycles. The number of likely N-dealkylation sites (tertiary alicyclic amines) is 1. The first-order valence-electron chi connectivity index (χ1n) is 4.39. The van der Waals surface area contributed by atoms with Gasteiger partial charge in [0.05, 0.1) is 6.54 Å². The van der Waals surface area contributed by atoms with Gasteiger partial charge in [-0.3, -0.25) is 4.90 Å². The molecule has 0 unspecified atom stereocenters. The molecule has 2 nitrogen and oxygen atoms in total. The van der Waals surface area contributed by atoms with Gasteiger partial charge in [-0.05, 0) is 18.8 Å². The van der Waals surface area contributed by atoms with E-state index < -0.39 is 6.43 Å². The van der Waals surface area contributed by atoms with Crippen molar-refractivity contribution >= 4 is 0 Å². The molecule has 1 aliphatic heterocycles. The molecule has 1 heterocycles. The summed E-state index contributed by atoms with van der Waals surface area (Å²) in [5.41, 5.74) is 5.87. The first kappa shape index (κ1) is 8.38. The van der Waals surface area contributed by atoms with Crippen LogP contribution in [0.1, 0.15) is 12.8 Å². The molecule has 2 N–H and O–H groups in total. The van der Waals surface area contributed by atoms with Crippen LogP contribution in [-0.4, -0.2) is 36.5 Å². The lowest BCUT2D eigenvalue weighted by Gasteiger charge is -2.48. The third-order valence-corrected chi connectivity index (χ3v) is 2.82. The standard InChI is InChI=1S/C8H14F2N2/c9-7(10)3-12-4-8(11,5-12)6-1-2-6/h6-7H,1-5,11H2. The molecule has 0 aromatic heterocycles. The van der Waals surface area contributed by atoms with Gasteiger partial charge in [-0.15, -0.1) is 0 Å². The first-order valence-corrected chi connectivity index (χ1v) is 4.39. The Kier molecular flexibility index (Phi) is 1.84. The Balaban J connectivity index is 1.75. The molecule has 0 bridgehead atoms. The largest absolute Gasteiger partial charge is 0.323 e. The van der Waals surface area contributed by atoms with Crippen molar-refractivity contribution in [1.29, 1.82) is 0 Å². The lowest BCUT2D eigenvalue weighted by Crippen LogP contribution is -2.69. The monoisotopic (exact) mass is 176 g/mol. The molecule has 0 radical (unpaired) electrons. The van der Waals surface area contributed by atoms with Crippen LogP contribution in [0.15, 0.2) is 0 Å². The van der Waals surface area contributed by atoms with Crippen molar-refractivity contribution in [2.24, 2.45) is 11.7 Å². The SMILES string of the molecule is NC1(C2CC2)CN(CC(F)F)C1. The second-order valence-electron chi connectivity index (χ2n) is 4.07. The summed E-state index contributed by atoms with van der Waals surface area (Å²) in [7, 11) is 0. The van der Waals surface area contributed by atoms with Gasteiger partial charge in [-0.2, -0.15) is 0 Å². The molecule has 1 saturated heterocycles. The Hall–Kier alpha value is -0.220. The Morgan fingerprint density at radius 1 is 1.42 bits per heavy atom. The van der Waals surface area contributed by atoms with Crippen LogP contribution in [0.5, 0.6) is 0 Å². The van der Waals surface area contributed by atoms with Gasteiger partial charge in [0.1, 0.15) is 0 Å². The Labute approximate surface area is 70.7 Å². The maximum Gasteiger partial charge on any atom is 0.251 e. The molecular formula is C8H14F2N2. The summed E-state index contributed by atoms with van der Waals surface area (Å²) in [6.45, 7) is 1.23. The van der Waals surface area contributed by atoms with Crippen molar-refractivity contribution < 1.29 is 8.78 Å². The van der Waals surface area contributed by atoms with Gasteiger partial charge >= 0.3 is 0 Å². The highest BCUT2D eigenvalue weighted by molar-refractivity contribution is 5.08. The Bertz CT molecular complexity index is 174. The quantitative estimate of drug-likeness (QED) is 0.685. The molecule has 70 valence electrons. The molecule has 1 saturated carbocycles. The fraction of sp³-hybridized carbons (Fsp3) is 1.00. The zero-order valence-electron chi connectivity index (χ0n) is 6.97. The van der Waals surface area contributed by atoms with Crippen LogP contribution >= 0.6 is 0 Å². The summed E-state index contributed by atoms with van der Waals surface area (Å²) in [5.74, 6) is 0.617. The summed E-state index contributed by atoms with van der Waals surface area (Å²) in [5, 5.41) is 0. The highest BCUT2D eigenvalue weighted by atomic mass is 19.3. The maximum absolute atomic E-state index is 11.9. The third-order valence-electron chi connectivity index (χ3n) is 2.82. The minimum absolute atomic E-state index is 0.105. The number of hydrogen-bond donors (Lipinski definition) is 1. The lowest BCUT2D eigenvalue weighted by molar-refractivity contribution is 0.00156. The molecular weight excluding hydrogens is 162 g/mol. The smallest absolute Gasteiger partial charge is 0.251 e. The second kappa shape index (κ2) is 2.64. The Morgan fingerprint density at radius 3 is 2.42 bits per heavy atom. The van der Waals surface area contributed by atoms with E-state index in [2.05, 4.69) is 0 Å². The number of halogens is 2. The molecule has 0 aromatic rings. The molecule has 0 atom stereocenters. The van der Waals surface area contributed by atoms with Gasteiger partial charge < -0.3 is 5.73 Å². The molecule has 4 heteroatoms. The summed E-state index contributed by atoms with van der Waals surface area (Å²) < 4.78 is 23.8. The van der Waals surface area contributed by atoms with Crippen molar-refractivity contribution in [3.8, 4) is 0 Å². The topological polar surface area (TPSA) is 29.3 Å². The van der Waals surface area contributed by atoms with Crippen LogP contribution in [0, 0.1) is 5.92 Å².